The quantitative estimate of drug-likeness (QED) is 0.790. The van der Waals surface area contributed by atoms with Gasteiger partial charge in [-0.25, -0.2) is 0 Å². The van der Waals surface area contributed by atoms with Crippen LogP contribution in [-0.2, 0) is 13.0 Å². The Morgan fingerprint density at radius 3 is 3.13 bits per heavy atom. The van der Waals surface area contributed by atoms with Gasteiger partial charge >= 0.3 is 0 Å². The first-order valence-electron chi connectivity index (χ1n) is 5.12. The largest absolute Gasteiger partial charge is 0.312 e. The highest BCUT2D eigenvalue weighted by Gasteiger charge is 2.10. The van der Waals surface area contributed by atoms with Crippen molar-refractivity contribution in [3.05, 3.63) is 40.0 Å². The summed E-state index contributed by atoms with van der Waals surface area (Å²) in [6.45, 7) is 1.99. The molecule has 0 aliphatic carbocycles. The van der Waals surface area contributed by atoms with Crippen LogP contribution < -0.4 is 5.32 Å². The molecule has 76 valence electrons. The minimum Gasteiger partial charge on any atom is -0.312 e. The summed E-state index contributed by atoms with van der Waals surface area (Å²) >= 11 is 3.48. The number of fused-ring (bicyclic) bond motifs is 2. The van der Waals surface area contributed by atoms with Gasteiger partial charge in [-0.2, -0.15) is 0 Å². The van der Waals surface area contributed by atoms with E-state index < -0.39 is 0 Å². The number of hydrogen-bond donors (Lipinski definition) is 1. The number of halogens is 1. The third-order valence-corrected chi connectivity index (χ3v) is 3.30. The summed E-state index contributed by atoms with van der Waals surface area (Å²) in [5, 5.41) is 4.59. The lowest BCUT2D eigenvalue weighted by molar-refractivity contribution is 0.633. The molecule has 0 unspecified atom stereocenters. The molecule has 0 atom stereocenters. The van der Waals surface area contributed by atoms with E-state index in [9.17, 15) is 0 Å². The molecular weight excluding hydrogens is 252 g/mol. The second-order valence-corrected chi connectivity index (χ2v) is 4.77. The molecule has 0 saturated carbocycles. The SMILES string of the molecule is Brc1ccc2cc3c(nc2c1)CCNC3. The van der Waals surface area contributed by atoms with E-state index in [-0.39, 0.29) is 0 Å². The van der Waals surface area contributed by atoms with Gasteiger partial charge in [0.25, 0.3) is 0 Å². The van der Waals surface area contributed by atoms with Gasteiger partial charge in [-0.15, -0.1) is 0 Å². The van der Waals surface area contributed by atoms with Crippen LogP contribution >= 0.6 is 15.9 Å². The maximum Gasteiger partial charge on any atom is 0.0716 e. The summed E-state index contributed by atoms with van der Waals surface area (Å²) in [5.74, 6) is 0. The molecule has 1 aromatic carbocycles. The van der Waals surface area contributed by atoms with Crippen LogP contribution in [0.3, 0.4) is 0 Å². The molecule has 1 aliphatic heterocycles. The molecule has 0 spiro atoms. The van der Waals surface area contributed by atoms with Crippen molar-refractivity contribution < 1.29 is 0 Å². The molecule has 1 aliphatic rings. The predicted octanol–water partition coefficient (Wildman–Crippen LogP) is 2.64. The molecule has 0 saturated heterocycles. The summed E-state index contributed by atoms with van der Waals surface area (Å²) in [6.07, 6.45) is 1.04. The first-order chi connectivity index (χ1) is 7.33. The van der Waals surface area contributed by atoms with Gasteiger partial charge in [0.1, 0.15) is 0 Å². The van der Waals surface area contributed by atoms with E-state index in [1.807, 2.05) is 0 Å². The van der Waals surface area contributed by atoms with Crippen molar-refractivity contribution in [2.45, 2.75) is 13.0 Å². The molecule has 15 heavy (non-hydrogen) atoms. The molecule has 1 aromatic heterocycles. The van der Waals surface area contributed by atoms with Crippen molar-refractivity contribution in [1.82, 2.24) is 10.3 Å². The molecule has 2 aromatic rings. The fourth-order valence-corrected chi connectivity index (χ4v) is 2.37. The van der Waals surface area contributed by atoms with E-state index in [1.165, 1.54) is 16.6 Å². The lowest BCUT2D eigenvalue weighted by Crippen LogP contribution is -2.24. The molecule has 2 heterocycles. The first kappa shape index (κ1) is 9.31. The zero-order valence-electron chi connectivity index (χ0n) is 8.26. The average molecular weight is 263 g/mol. The lowest BCUT2D eigenvalue weighted by atomic mass is 10.0. The molecular formula is C12H11BrN2. The second kappa shape index (κ2) is 3.58. The molecule has 1 N–H and O–H groups in total. The van der Waals surface area contributed by atoms with Crippen LogP contribution in [-0.4, -0.2) is 11.5 Å². The van der Waals surface area contributed by atoms with Crippen molar-refractivity contribution in [3.8, 4) is 0 Å². The molecule has 3 heteroatoms. The molecule has 0 radical (unpaired) electrons. The van der Waals surface area contributed by atoms with Gasteiger partial charge in [0.15, 0.2) is 0 Å². The van der Waals surface area contributed by atoms with Gasteiger partial charge in [0.2, 0.25) is 0 Å². The number of hydrogen-bond acceptors (Lipinski definition) is 2. The van der Waals surface area contributed by atoms with Crippen molar-refractivity contribution in [2.75, 3.05) is 6.54 Å². The first-order valence-corrected chi connectivity index (χ1v) is 5.91. The summed E-state index contributed by atoms with van der Waals surface area (Å²) in [6, 6.07) is 8.50. The van der Waals surface area contributed by atoms with Crippen LogP contribution in [0.4, 0.5) is 0 Å². The summed E-state index contributed by atoms with van der Waals surface area (Å²) in [7, 11) is 0. The van der Waals surface area contributed by atoms with Crippen molar-refractivity contribution >= 4 is 26.8 Å². The van der Waals surface area contributed by atoms with Gasteiger partial charge in [0.05, 0.1) is 5.52 Å². The van der Waals surface area contributed by atoms with E-state index >= 15 is 0 Å². The van der Waals surface area contributed by atoms with E-state index in [0.29, 0.717) is 0 Å². The van der Waals surface area contributed by atoms with Gasteiger partial charge < -0.3 is 5.32 Å². The smallest absolute Gasteiger partial charge is 0.0716 e. The Kier molecular flexibility index (Phi) is 2.22. The fourth-order valence-electron chi connectivity index (χ4n) is 2.02. The van der Waals surface area contributed by atoms with Crippen LogP contribution in [0.15, 0.2) is 28.7 Å². The number of pyridine rings is 1. The standard InChI is InChI=1S/C12H11BrN2/c13-10-2-1-8-5-9-7-14-4-3-11(9)15-12(8)6-10/h1-2,5-6,14H,3-4,7H2. The lowest BCUT2D eigenvalue weighted by Gasteiger charge is -2.16. The molecule has 0 fully saturated rings. The topological polar surface area (TPSA) is 24.9 Å². The summed E-state index contributed by atoms with van der Waals surface area (Å²) < 4.78 is 1.09. The highest BCUT2D eigenvalue weighted by molar-refractivity contribution is 9.10. The molecule has 2 nitrogen and oxygen atoms in total. The Morgan fingerprint density at radius 2 is 2.20 bits per heavy atom. The van der Waals surface area contributed by atoms with Crippen LogP contribution in [0.2, 0.25) is 0 Å². The van der Waals surface area contributed by atoms with Crippen LogP contribution in [0.5, 0.6) is 0 Å². The van der Waals surface area contributed by atoms with E-state index in [2.05, 4.69) is 45.5 Å². The van der Waals surface area contributed by atoms with Crippen LogP contribution in [0.25, 0.3) is 10.9 Å². The van der Waals surface area contributed by atoms with E-state index in [0.717, 1.165) is 29.5 Å². The normalized spacial score (nSPS) is 15.3. The van der Waals surface area contributed by atoms with Gasteiger partial charge in [-0.05, 0) is 23.8 Å². The number of nitrogens with one attached hydrogen (secondary N) is 1. The maximum atomic E-state index is 4.71. The molecule has 3 rings (SSSR count). The molecule has 0 amide bonds. The number of benzene rings is 1. The minimum atomic E-state index is 0.953. The number of aromatic nitrogens is 1. The number of nitrogens with zero attached hydrogens (tertiary/aromatic N) is 1. The Morgan fingerprint density at radius 1 is 1.27 bits per heavy atom. The van der Waals surface area contributed by atoms with Gasteiger partial charge in [-0.1, -0.05) is 22.0 Å². The predicted molar refractivity (Wildman–Crippen MR) is 64.9 cm³/mol. The Hall–Kier alpha value is -0.930. The Balaban J connectivity index is 2.26. The van der Waals surface area contributed by atoms with Crippen molar-refractivity contribution in [3.63, 3.8) is 0 Å². The third kappa shape index (κ3) is 1.66. The second-order valence-electron chi connectivity index (χ2n) is 3.86. The van der Waals surface area contributed by atoms with Crippen molar-refractivity contribution in [1.29, 1.82) is 0 Å². The van der Waals surface area contributed by atoms with E-state index in [1.54, 1.807) is 0 Å². The maximum absolute atomic E-state index is 4.71. The minimum absolute atomic E-state index is 0.953. The number of rotatable bonds is 0. The van der Waals surface area contributed by atoms with Crippen LogP contribution in [0, 0.1) is 0 Å². The van der Waals surface area contributed by atoms with Crippen molar-refractivity contribution in [2.24, 2.45) is 0 Å². The zero-order valence-corrected chi connectivity index (χ0v) is 9.84. The zero-order chi connectivity index (χ0) is 10.3. The van der Waals surface area contributed by atoms with E-state index in [4.69, 9.17) is 4.98 Å². The van der Waals surface area contributed by atoms with Gasteiger partial charge in [-0.3, -0.25) is 4.98 Å². The fraction of sp³-hybridized carbons (Fsp3) is 0.250. The summed E-state index contributed by atoms with van der Waals surface area (Å²) in [4.78, 5) is 4.71. The monoisotopic (exact) mass is 262 g/mol. The highest BCUT2D eigenvalue weighted by Crippen LogP contribution is 2.22. The van der Waals surface area contributed by atoms with Crippen LogP contribution in [0.1, 0.15) is 11.3 Å². The third-order valence-electron chi connectivity index (χ3n) is 2.80. The summed E-state index contributed by atoms with van der Waals surface area (Å²) in [5.41, 5.74) is 3.68. The van der Waals surface area contributed by atoms with Gasteiger partial charge in [0, 0.05) is 35.1 Å². The Labute approximate surface area is 96.8 Å². The highest BCUT2D eigenvalue weighted by atomic mass is 79.9. The molecule has 0 bridgehead atoms. The Bertz CT molecular complexity index is 522. The average Bonchev–Trinajstić information content (AvgIpc) is 2.26.